The summed E-state index contributed by atoms with van der Waals surface area (Å²) < 4.78 is 25.7. The summed E-state index contributed by atoms with van der Waals surface area (Å²) in [5.74, 6) is -1.84. The highest BCUT2D eigenvalue weighted by molar-refractivity contribution is 5.96. The van der Waals surface area contributed by atoms with Gasteiger partial charge in [-0.15, -0.1) is 0 Å². The molecule has 12 nitrogen and oxygen atoms in total. The van der Waals surface area contributed by atoms with Gasteiger partial charge in [0.15, 0.2) is 11.8 Å². The Labute approximate surface area is 332 Å². The van der Waals surface area contributed by atoms with E-state index in [-0.39, 0.29) is 32.5 Å². The van der Waals surface area contributed by atoms with Crippen LogP contribution in [0.2, 0.25) is 0 Å². The Kier molecular flexibility index (Phi) is 9.34. The molecule has 57 heavy (non-hydrogen) atoms. The molecule has 10 rings (SSSR count). The lowest BCUT2D eigenvalue weighted by molar-refractivity contribution is -0.218. The number of aliphatic hydroxyl groups is 1. The Morgan fingerprint density at radius 3 is 2.40 bits per heavy atom. The quantitative estimate of drug-likeness (QED) is 0.220. The number of hydroxylamine groups is 2. The van der Waals surface area contributed by atoms with Crippen LogP contribution >= 0.6 is 0 Å². The van der Waals surface area contributed by atoms with Crippen LogP contribution in [0.15, 0.2) is 84.9 Å². The van der Waals surface area contributed by atoms with E-state index in [0.717, 1.165) is 47.1 Å². The van der Waals surface area contributed by atoms with E-state index in [1.54, 1.807) is 12.1 Å². The van der Waals surface area contributed by atoms with Crippen LogP contribution in [0.25, 0.3) is 6.08 Å². The summed E-state index contributed by atoms with van der Waals surface area (Å²) in [6, 6.07) is 23.8. The third-order valence-electron chi connectivity index (χ3n) is 13.4. The molecule has 7 aliphatic rings. The lowest BCUT2D eigenvalue weighted by Crippen LogP contribution is -2.70. The van der Waals surface area contributed by atoms with Crippen molar-refractivity contribution in [3.8, 4) is 0 Å². The molecule has 3 aromatic rings. The maximum absolute atomic E-state index is 15.5. The van der Waals surface area contributed by atoms with Gasteiger partial charge in [-0.05, 0) is 53.0 Å². The second-order valence-electron chi connectivity index (χ2n) is 16.9. The van der Waals surface area contributed by atoms with E-state index < -0.39 is 65.5 Å². The van der Waals surface area contributed by atoms with Gasteiger partial charge < -0.3 is 34.3 Å². The molecule has 2 amide bonds. The summed E-state index contributed by atoms with van der Waals surface area (Å²) >= 11 is 0. The number of epoxide rings is 1. The van der Waals surface area contributed by atoms with Gasteiger partial charge in [0.2, 0.25) is 11.8 Å². The topological polar surface area (TPSA) is 139 Å². The number of ether oxygens (including phenoxy) is 4. The number of allylic oxidation sites excluding steroid dienone is 1. The summed E-state index contributed by atoms with van der Waals surface area (Å²) in [6.45, 7) is 0.0100. The number of aliphatic hydroxyl groups excluding tert-OH is 1. The first-order chi connectivity index (χ1) is 27.7. The van der Waals surface area contributed by atoms with E-state index in [0.29, 0.717) is 31.0 Å². The Balaban J connectivity index is 0.968. The molecule has 6 fully saturated rings. The average Bonchev–Trinajstić information content (AvgIpc) is 3.57. The predicted octanol–water partition coefficient (Wildman–Crippen LogP) is 3.52. The minimum atomic E-state index is -1.45. The van der Waals surface area contributed by atoms with Crippen LogP contribution in [-0.2, 0) is 64.0 Å². The number of hydrogen-bond acceptors (Lipinski definition) is 10. The van der Waals surface area contributed by atoms with Crippen molar-refractivity contribution in [1.82, 2.24) is 15.3 Å². The van der Waals surface area contributed by atoms with Crippen LogP contribution in [-0.4, -0.2) is 108 Å². The van der Waals surface area contributed by atoms with Crippen LogP contribution in [0.4, 0.5) is 0 Å². The summed E-state index contributed by atoms with van der Waals surface area (Å²) in [6.07, 6.45) is 7.07. The van der Waals surface area contributed by atoms with Gasteiger partial charge in [-0.1, -0.05) is 91.0 Å². The Bertz CT molecular complexity index is 2030. The van der Waals surface area contributed by atoms with E-state index in [2.05, 4.69) is 41.7 Å². The standard InChI is InChI=1S/C45H49N3O9/c1-47(33(41(50)46-19-20-49)21-28-7-3-2-4-8-28)43(52)45-25-36-37-38(56-44(55-37)23-31-9-5-6-10-32(31)24-44)40(45)57-48(39(45)42(51)54-36)26-30-15-12-27(13-16-30)11-14-29-17-18-34-35(22-29)53-34/h2-16,29,33-40,49H,17-26H2,1H3,(H,46,50)/t29?,33-,34?,35?,36-,37+,38+,39+,40-,45+/m1/s1. The van der Waals surface area contributed by atoms with Gasteiger partial charge in [-0.2, -0.15) is 5.06 Å². The molecule has 2 saturated carbocycles. The van der Waals surface area contributed by atoms with E-state index in [1.165, 1.54) is 4.90 Å². The van der Waals surface area contributed by atoms with Gasteiger partial charge in [0.05, 0.1) is 25.4 Å². The summed E-state index contributed by atoms with van der Waals surface area (Å²) in [7, 11) is 1.62. The van der Waals surface area contributed by atoms with Crippen molar-refractivity contribution in [1.29, 1.82) is 0 Å². The largest absolute Gasteiger partial charge is 0.458 e. The number of rotatable bonds is 11. The number of hydrogen-bond donors (Lipinski definition) is 2. The zero-order valence-electron chi connectivity index (χ0n) is 32.0. The lowest BCUT2D eigenvalue weighted by Gasteiger charge is -2.50. The zero-order valence-corrected chi connectivity index (χ0v) is 32.0. The minimum Gasteiger partial charge on any atom is -0.458 e. The van der Waals surface area contributed by atoms with E-state index >= 15 is 4.79 Å². The van der Waals surface area contributed by atoms with Crippen molar-refractivity contribution < 1.29 is 43.3 Å². The highest BCUT2D eigenvalue weighted by atomic mass is 16.8. The third-order valence-corrected chi connectivity index (χ3v) is 13.4. The smallest absolute Gasteiger partial charge is 0.327 e. The first kappa shape index (κ1) is 36.9. The second kappa shape index (κ2) is 14.4. The molecule has 1 spiro atoms. The van der Waals surface area contributed by atoms with E-state index in [4.69, 9.17) is 23.8 Å². The Hall–Kier alpha value is -4.43. The number of amides is 2. The first-order valence-electron chi connectivity index (χ1n) is 20.4. The number of fused-ring (bicyclic) bond motifs is 6. The molecular formula is C45H49N3O9. The van der Waals surface area contributed by atoms with Crippen LogP contribution in [0.1, 0.15) is 53.5 Å². The van der Waals surface area contributed by atoms with Crippen molar-refractivity contribution in [2.24, 2.45) is 11.3 Å². The van der Waals surface area contributed by atoms with Gasteiger partial charge in [0, 0.05) is 39.3 Å². The number of benzene rings is 3. The average molecular weight is 776 g/mol. The molecule has 2 bridgehead atoms. The van der Waals surface area contributed by atoms with Crippen molar-refractivity contribution in [2.45, 2.75) is 106 Å². The first-order valence-corrected chi connectivity index (χ1v) is 20.4. The molecule has 12 heteroatoms. The number of esters is 1. The molecule has 4 saturated heterocycles. The maximum Gasteiger partial charge on any atom is 0.327 e. The minimum absolute atomic E-state index is 0.0399. The van der Waals surface area contributed by atoms with Crippen molar-refractivity contribution in [3.63, 3.8) is 0 Å². The summed E-state index contributed by atoms with van der Waals surface area (Å²) in [5.41, 5.74) is 3.66. The van der Waals surface area contributed by atoms with Gasteiger partial charge in [-0.25, -0.2) is 0 Å². The van der Waals surface area contributed by atoms with E-state index in [9.17, 15) is 14.7 Å². The van der Waals surface area contributed by atoms with Crippen LogP contribution < -0.4 is 5.32 Å². The van der Waals surface area contributed by atoms with Crippen LogP contribution in [0.3, 0.4) is 0 Å². The van der Waals surface area contributed by atoms with Crippen LogP contribution in [0, 0.1) is 11.3 Å². The molecule has 2 N–H and O–H groups in total. The lowest BCUT2D eigenvalue weighted by atomic mass is 9.62. The second-order valence-corrected chi connectivity index (χ2v) is 16.9. The molecule has 3 unspecified atom stereocenters. The maximum atomic E-state index is 15.5. The van der Waals surface area contributed by atoms with Crippen molar-refractivity contribution in [2.75, 3.05) is 20.2 Å². The number of nitrogens with zero attached hydrogens (tertiary/aromatic N) is 2. The summed E-state index contributed by atoms with van der Waals surface area (Å²) in [5, 5.41) is 13.9. The van der Waals surface area contributed by atoms with Crippen molar-refractivity contribution >= 4 is 23.9 Å². The molecule has 3 aliphatic carbocycles. The number of carbonyl (C=O) groups is 3. The molecule has 0 radical (unpaired) electrons. The fourth-order valence-electron chi connectivity index (χ4n) is 10.5. The predicted molar refractivity (Wildman–Crippen MR) is 206 cm³/mol. The Morgan fingerprint density at radius 2 is 1.67 bits per heavy atom. The number of likely N-dealkylation sites (N-methyl/N-ethyl adjacent to an activating group) is 1. The fraction of sp³-hybridized carbons (Fsp3) is 0.489. The molecule has 4 aliphatic heterocycles. The molecule has 0 aromatic heterocycles. The molecule has 3 aromatic carbocycles. The third kappa shape index (κ3) is 6.51. The van der Waals surface area contributed by atoms with Gasteiger partial charge in [0.25, 0.3) is 0 Å². The highest BCUT2D eigenvalue weighted by Gasteiger charge is 2.77. The van der Waals surface area contributed by atoms with Gasteiger partial charge in [-0.3, -0.25) is 19.2 Å². The van der Waals surface area contributed by atoms with Gasteiger partial charge >= 0.3 is 5.97 Å². The van der Waals surface area contributed by atoms with E-state index in [1.807, 2.05) is 54.6 Å². The monoisotopic (exact) mass is 775 g/mol. The molecular weight excluding hydrogens is 727 g/mol. The zero-order chi connectivity index (χ0) is 38.9. The fourth-order valence-corrected chi connectivity index (χ4v) is 10.5. The number of nitrogens with one attached hydrogen (secondary N) is 1. The Morgan fingerprint density at radius 1 is 0.930 bits per heavy atom. The van der Waals surface area contributed by atoms with Gasteiger partial charge in [0.1, 0.15) is 35.9 Å². The summed E-state index contributed by atoms with van der Waals surface area (Å²) in [4.78, 5) is 52.0. The molecule has 10 atom stereocenters. The molecule has 298 valence electrons. The normalized spacial score (nSPS) is 33.3. The SMILES string of the molecule is CN(C(=O)[C@@]12C[C@H]3OC(=O)[C@@H]1N(Cc1ccc(C=CC4CCC5OC5C4)cc1)O[C@@H]2[C@H]1OC2(Cc4ccccc4C2)O[C@H]13)[C@H](Cc1ccccc1)C(=O)NCCO. The van der Waals surface area contributed by atoms with Crippen molar-refractivity contribution in [3.05, 3.63) is 113 Å². The molecule has 4 heterocycles. The van der Waals surface area contributed by atoms with Crippen LogP contribution in [0.5, 0.6) is 0 Å². The number of carbonyl (C=O) groups excluding carboxylic acids is 3. The highest BCUT2D eigenvalue weighted by Crippen LogP contribution is 2.59.